The summed E-state index contributed by atoms with van der Waals surface area (Å²) in [6, 6.07) is 0.699. The summed E-state index contributed by atoms with van der Waals surface area (Å²) in [5.74, 6) is 0.493. The second-order valence-electron chi connectivity index (χ2n) is 5.55. The molecule has 0 radical (unpaired) electrons. The minimum Gasteiger partial charge on any atom is -0.369 e. The summed E-state index contributed by atoms with van der Waals surface area (Å²) in [7, 11) is 2.01. The van der Waals surface area contributed by atoms with Gasteiger partial charge in [0.1, 0.15) is 0 Å². The number of hydrogen-bond donors (Lipinski definition) is 1. The highest BCUT2D eigenvalue weighted by Crippen LogP contribution is 2.28. The summed E-state index contributed by atoms with van der Waals surface area (Å²) in [5, 5.41) is 8.15. The van der Waals surface area contributed by atoms with Crippen molar-refractivity contribution in [3.63, 3.8) is 0 Å². The van der Waals surface area contributed by atoms with E-state index in [9.17, 15) is 0 Å². The third-order valence-corrected chi connectivity index (χ3v) is 3.71. The van der Waals surface area contributed by atoms with Crippen molar-refractivity contribution in [2.45, 2.75) is 45.6 Å². The first-order chi connectivity index (χ1) is 8.61. The van der Waals surface area contributed by atoms with Gasteiger partial charge in [-0.2, -0.15) is 5.10 Å². The summed E-state index contributed by atoms with van der Waals surface area (Å²) in [6.45, 7) is 9.99. The average molecular weight is 250 g/mol. The van der Waals surface area contributed by atoms with E-state index in [0.29, 0.717) is 12.0 Å². The van der Waals surface area contributed by atoms with E-state index >= 15 is 0 Å². The van der Waals surface area contributed by atoms with Gasteiger partial charge in [-0.15, -0.1) is 0 Å². The second-order valence-corrected chi connectivity index (χ2v) is 5.55. The van der Waals surface area contributed by atoms with Crippen molar-refractivity contribution in [1.82, 2.24) is 15.1 Å². The first-order valence-electron chi connectivity index (χ1n) is 7.13. The SMILES string of the molecule is CCNC1CCN(c2cn(C)nc2C(C)C)CC1. The van der Waals surface area contributed by atoms with Crippen molar-refractivity contribution in [2.24, 2.45) is 7.05 Å². The van der Waals surface area contributed by atoms with Crippen LogP contribution in [0.15, 0.2) is 6.20 Å². The predicted molar refractivity (Wildman–Crippen MR) is 76.2 cm³/mol. The molecule has 0 amide bonds. The molecule has 1 saturated heterocycles. The Bertz CT molecular complexity index is 375. The standard InChI is InChI=1S/C14H26N4/c1-5-15-12-6-8-18(9-7-12)13-10-17(4)16-14(13)11(2)3/h10-12,15H,5-9H2,1-4H3. The number of aromatic nitrogens is 2. The van der Waals surface area contributed by atoms with E-state index in [2.05, 4.69) is 42.3 Å². The Balaban J connectivity index is 2.05. The van der Waals surface area contributed by atoms with Gasteiger partial charge in [0.05, 0.1) is 11.4 Å². The smallest absolute Gasteiger partial charge is 0.0883 e. The molecule has 18 heavy (non-hydrogen) atoms. The molecule has 102 valence electrons. The lowest BCUT2D eigenvalue weighted by Crippen LogP contribution is -2.42. The van der Waals surface area contributed by atoms with Crippen molar-refractivity contribution in [2.75, 3.05) is 24.5 Å². The first kappa shape index (κ1) is 13.4. The molecule has 1 aliphatic heterocycles. The lowest BCUT2D eigenvalue weighted by molar-refractivity contribution is 0.423. The molecule has 0 aromatic carbocycles. The quantitative estimate of drug-likeness (QED) is 0.888. The van der Waals surface area contributed by atoms with Crippen molar-refractivity contribution < 1.29 is 0 Å². The van der Waals surface area contributed by atoms with E-state index in [4.69, 9.17) is 0 Å². The normalized spacial score (nSPS) is 17.7. The number of piperidine rings is 1. The van der Waals surface area contributed by atoms with Gasteiger partial charge in [0, 0.05) is 32.4 Å². The van der Waals surface area contributed by atoms with Gasteiger partial charge in [-0.25, -0.2) is 0 Å². The van der Waals surface area contributed by atoms with Gasteiger partial charge in [0.15, 0.2) is 0 Å². The zero-order valence-corrected chi connectivity index (χ0v) is 12.1. The van der Waals surface area contributed by atoms with Crippen molar-refractivity contribution in [3.8, 4) is 0 Å². The number of rotatable bonds is 4. The zero-order chi connectivity index (χ0) is 13.1. The maximum absolute atomic E-state index is 4.60. The topological polar surface area (TPSA) is 33.1 Å². The van der Waals surface area contributed by atoms with E-state index in [1.54, 1.807) is 0 Å². The fourth-order valence-electron chi connectivity index (χ4n) is 2.76. The molecule has 0 spiro atoms. The monoisotopic (exact) mass is 250 g/mol. The van der Waals surface area contributed by atoms with Crippen LogP contribution in [0.2, 0.25) is 0 Å². The van der Waals surface area contributed by atoms with Crippen molar-refractivity contribution in [1.29, 1.82) is 0 Å². The maximum Gasteiger partial charge on any atom is 0.0883 e. The second kappa shape index (κ2) is 5.74. The third kappa shape index (κ3) is 2.86. The lowest BCUT2D eigenvalue weighted by Gasteiger charge is -2.33. The number of aryl methyl sites for hydroxylation is 1. The summed E-state index contributed by atoms with van der Waals surface area (Å²) in [5.41, 5.74) is 2.57. The van der Waals surface area contributed by atoms with Crippen LogP contribution in [0.3, 0.4) is 0 Å². The zero-order valence-electron chi connectivity index (χ0n) is 12.1. The Hall–Kier alpha value is -1.03. The van der Waals surface area contributed by atoms with E-state index < -0.39 is 0 Å². The van der Waals surface area contributed by atoms with Gasteiger partial charge >= 0.3 is 0 Å². The molecule has 1 N–H and O–H groups in total. The van der Waals surface area contributed by atoms with Crippen LogP contribution in [0.5, 0.6) is 0 Å². The van der Waals surface area contributed by atoms with Gasteiger partial charge in [-0.3, -0.25) is 4.68 Å². The minimum absolute atomic E-state index is 0.493. The van der Waals surface area contributed by atoms with Gasteiger partial charge in [-0.1, -0.05) is 20.8 Å². The molecule has 1 fully saturated rings. The number of nitrogens with zero attached hydrogens (tertiary/aromatic N) is 3. The lowest BCUT2D eigenvalue weighted by atomic mass is 10.0. The minimum atomic E-state index is 0.493. The van der Waals surface area contributed by atoms with Gasteiger partial charge < -0.3 is 10.2 Å². The van der Waals surface area contributed by atoms with Crippen molar-refractivity contribution >= 4 is 5.69 Å². The molecule has 1 aromatic heterocycles. The summed E-state index contributed by atoms with van der Waals surface area (Å²) >= 11 is 0. The van der Waals surface area contributed by atoms with Gasteiger partial charge in [-0.05, 0) is 25.3 Å². The van der Waals surface area contributed by atoms with Crippen LogP contribution in [0.25, 0.3) is 0 Å². The Morgan fingerprint density at radius 1 is 1.39 bits per heavy atom. The van der Waals surface area contributed by atoms with Gasteiger partial charge in [0.25, 0.3) is 0 Å². The van der Waals surface area contributed by atoms with Crippen LogP contribution in [0, 0.1) is 0 Å². The van der Waals surface area contributed by atoms with E-state index in [-0.39, 0.29) is 0 Å². The van der Waals surface area contributed by atoms with E-state index in [1.807, 2.05) is 11.7 Å². The fourth-order valence-corrected chi connectivity index (χ4v) is 2.76. The number of anilines is 1. The first-order valence-corrected chi connectivity index (χ1v) is 7.13. The molecule has 2 heterocycles. The Morgan fingerprint density at radius 3 is 2.61 bits per heavy atom. The third-order valence-electron chi connectivity index (χ3n) is 3.71. The summed E-state index contributed by atoms with van der Waals surface area (Å²) in [6.07, 6.45) is 4.64. The van der Waals surface area contributed by atoms with Crippen molar-refractivity contribution in [3.05, 3.63) is 11.9 Å². The molecule has 0 unspecified atom stereocenters. The molecule has 0 bridgehead atoms. The van der Waals surface area contributed by atoms with Crippen LogP contribution >= 0.6 is 0 Å². The highest BCUT2D eigenvalue weighted by atomic mass is 15.3. The molecule has 1 aromatic rings. The largest absolute Gasteiger partial charge is 0.369 e. The molecule has 4 nitrogen and oxygen atoms in total. The van der Waals surface area contributed by atoms with Crippen LogP contribution in [0.4, 0.5) is 5.69 Å². The highest BCUT2D eigenvalue weighted by molar-refractivity contribution is 5.51. The Labute approximate surface area is 110 Å². The van der Waals surface area contributed by atoms with E-state index in [1.165, 1.54) is 24.2 Å². The van der Waals surface area contributed by atoms with Crippen LogP contribution < -0.4 is 10.2 Å². The van der Waals surface area contributed by atoms with Crippen LogP contribution in [0.1, 0.15) is 45.2 Å². The van der Waals surface area contributed by atoms with Crippen LogP contribution in [-0.2, 0) is 7.05 Å². The molecule has 2 rings (SSSR count). The van der Waals surface area contributed by atoms with E-state index in [0.717, 1.165) is 19.6 Å². The summed E-state index contributed by atoms with van der Waals surface area (Å²) < 4.78 is 1.95. The highest BCUT2D eigenvalue weighted by Gasteiger charge is 2.22. The summed E-state index contributed by atoms with van der Waals surface area (Å²) in [4.78, 5) is 2.50. The number of hydrogen-bond acceptors (Lipinski definition) is 3. The fraction of sp³-hybridized carbons (Fsp3) is 0.786. The average Bonchev–Trinajstić information content (AvgIpc) is 2.73. The molecule has 0 atom stereocenters. The molecular weight excluding hydrogens is 224 g/mol. The molecule has 4 heteroatoms. The molecule has 0 aliphatic carbocycles. The maximum atomic E-state index is 4.60. The predicted octanol–water partition coefficient (Wildman–Crippen LogP) is 2.12. The van der Waals surface area contributed by atoms with Gasteiger partial charge in [0.2, 0.25) is 0 Å². The number of nitrogens with one attached hydrogen (secondary N) is 1. The Kier molecular flexibility index (Phi) is 4.27. The Morgan fingerprint density at radius 2 is 2.06 bits per heavy atom. The molecular formula is C14H26N4. The molecule has 0 saturated carbocycles. The van der Waals surface area contributed by atoms with Crippen LogP contribution in [-0.4, -0.2) is 35.5 Å². The molecule has 1 aliphatic rings.